The number of furan rings is 1. The van der Waals surface area contributed by atoms with Gasteiger partial charge in [0.2, 0.25) is 0 Å². The van der Waals surface area contributed by atoms with E-state index < -0.39 is 0 Å². The number of aryl methyl sites for hydroxylation is 1. The van der Waals surface area contributed by atoms with Crippen molar-refractivity contribution in [1.82, 2.24) is 9.80 Å². The Morgan fingerprint density at radius 1 is 1.38 bits per heavy atom. The van der Waals surface area contributed by atoms with Crippen molar-refractivity contribution in [2.24, 2.45) is 0 Å². The first kappa shape index (κ1) is 11.2. The molecule has 2 rings (SSSR count). The van der Waals surface area contributed by atoms with Gasteiger partial charge in [-0.25, -0.2) is 0 Å². The molecule has 0 atom stereocenters. The Hall–Kier alpha value is -1.29. The molecule has 0 aromatic carbocycles. The fourth-order valence-corrected chi connectivity index (χ4v) is 1.98. The quantitative estimate of drug-likeness (QED) is 0.755. The molecular weight excluding hydrogens is 204 g/mol. The molecule has 1 amide bonds. The molecule has 0 radical (unpaired) electrons. The molecule has 1 saturated heterocycles. The van der Waals surface area contributed by atoms with Crippen LogP contribution in [0.4, 0.5) is 0 Å². The standard InChI is InChI=1S/C12H18N2O2/c1-3-11-10(4-9-16-11)12(15)14-7-5-13(2)6-8-14/h4,9H,3,5-8H2,1-2H3. The highest BCUT2D eigenvalue weighted by molar-refractivity contribution is 5.95. The van der Waals surface area contributed by atoms with Crippen LogP contribution >= 0.6 is 0 Å². The van der Waals surface area contributed by atoms with Crippen LogP contribution in [0, 0.1) is 0 Å². The van der Waals surface area contributed by atoms with E-state index in [2.05, 4.69) is 11.9 Å². The number of amides is 1. The molecule has 1 aliphatic rings. The summed E-state index contributed by atoms with van der Waals surface area (Å²) in [4.78, 5) is 16.3. The minimum absolute atomic E-state index is 0.110. The van der Waals surface area contributed by atoms with Gasteiger partial charge in [-0.1, -0.05) is 6.92 Å². The maximum atomic E-state index is 12.2. The first-order chi connectivity index (χ1) is 7.72. The number of likely N-dealkylation sites (N-methyl/N-ethyl adjacent to an activating group) is 1. The Balaban J connectivity index is 2.07. The van der Waals surface area contributed by atoms with E-state index in [1.807, 2.05) is 11.8 Å². The van der Waals surface area contributed by atoms with Crippen LogP contribution in [0.5, 0.6) is 0 Å². The number of carbonyl (C=O) groups is 1. The summed E-state index contributed by atoms with van der Waals surface area (Å²) in [6.45, 7) is 5.52. The lowest BCUT2D eigenvalue weighted by Gasteiger charge is -2.32. The highest BCUT2D eigenvalue weighted by Gasteiger charge is 2.23. The van der Waals surface area contributed by atoms with Crippen LogP contribution in [0.3, 0.4) is 0 Å². The van der Waals surface area contributed by atoms with Gasteiger partial charge >= 0.3 is 0 Å². The number of rotatable bonds is 2. The molecule has 16 heavy (non-hydrogen) atoms. The molecule has 4 heteroatoms. The molecule has 1 aliphatic heterocycles. The first-order valence-electron chi connectivity index (χ1n) is 5.76. The summed E-state index contributed by atoms with van der Waals surface area (Å²) in [5, 5.41) is 0. The predicted molar refractivity (Wildman–Crippen MR) is 61.5 cm³/mol. The third-order valence-corrected chi connectivity index (χ3v) is 3.09. The van der Waals surface area contributed by atoms with E-state index in [0.29, 0.717) is 0 Å². The van der Waals surface area contributed by atoms with E-state index in [4.69, 9.17) is 4.42 Å². The van der Waals surface area contributed by atoms with Gasteiger partial charge in [0, 0.05) is 32.6 Å². The van der Waals surface area contributed by atoms with Crippen LogP contribution in [0.15, 0.2) is 16.7 Å². The third kappa shape index (κ3) is 2.11. The predicted octanol–water partition coefficient (Wildman–Crippen LogP) is 1.23. The topological polar surface area (TPSA) is 36.7 Å². The monoisotopic (exact) mass is 222 g/mol. The lowest BCUT2D eigenvalue weighted by Crippen LogP contribution is -2.47. The van der Waals surface area contributed by atoms with Crippen molar-refractivity contribution < 1.29 is 9.21 Å². The number of piperazine rings is 1. The van der Waals surface area contributed by atoms with Crippen LogP contribution in [0.25, 0.3) is 0 Å². The average molecular weight is 222 g/mol. The minimum atomic E-state index is 0.110. The van der Waals surface area contributed by atoms with E-state index in [0.717, 1.165) is 43.9 Å². The van der Waals surface area contributed by atoms with E-state index in [-0.39, 0.29) is 5.91 Å². The lowest BCUT2D eigenvalue weighted by molar-refractivity contribution is 0.0662. The third-order valence-electron chi connectivity index (χ3n) is 3.09. The van der Waals surface area contributed by atoms with Gasteiger partial charge in [0.25, 0.3) is 5.91 Å². The van der Waals surface area contributed by atoms with Gasteiger partial charge in [0.15, 0.2) is 0 Å². The lowest BCUT2D eigenvalue weighted by atomic mass is 10.1. The van der Waals surface area contributed by atoms with Crippen molar-refractivity contribution in [3.63, 3.8) is 0 Å². The van der Waals surface area contributed by atoms with Crippen LogP contribution < -0.4 is 0 Å². The second-order valence-corrected chi connectivity index (χ2v) is 4.21. The first-order valence-corrected chi connectivity index (χ1v) is 5.76. The SMILES string of the molecule is CCc1occc1C(=O)N1CCN(C)CC1. The smallest absolute Gasteiger partial charge is 0.257 e. The summed E-state index contributed by atoms with van der Waals surface area (Å²) < 4.78 is 5.29. The normalized spacial score (nSPS) is 17.8. The Bertz CT molecular complexity index is 365. The fourth-order valence-electron chi connectivity index (χ4n) is 1.98. The number of carbonyl (C=O) groups excluding carboxylic acids is 1. The van der Waals surface area contributed by atoms with Crippen molar-refractivity contribution in [2.45, 2.75) is 13.3 Å². The molecule has 0 aliphatic carbocycles. The molecule has 0 N–H and O–H groups in total. The zero-order chi connectivity index (χ0) is 11.5. The van der Waals surface area contributed by atoms with Crippen molar-refractivity contribution in [3.8, 4) is 0 Å². The molecule has 0 saturated carbocycles. The zero-order valence-corrected chi connectivity index (χ0v) is 9.90. The van der Waals surface area contributed by atoms with Crippen molar-refractivity contribution in [1.29, 1.82) is 0 Å². The number of nitrogens with zero attached hydrogens (tertiary/aromatic N) is 2. The summed E-state index contributed by atoms with van der Waals surface area (Å²) in [6.07, 6.45) is 2.37. The van der Waals surface area contributed by atoms with Gasteiger partial charge in [-0.05, 0) is 13.1 Å². The van der Waals surface area contributed by atoms with E-state index in [1.54, 1.807) is 12.3 Å². The van der Waals surface area contributed by atoms with Crippen LogP contribution in [0.2, 0.25) is 0 Å². The van der Waals surface area contributed by atoms with Crippen molar-refractivity contribution >= 4 is 5.91 Å². The molecule has 2 heterocycles. The van der Waals surface area contributed by atoms with E-state index in [9.17, 15) is 4.79 Å². The molecular formula is C12H18N2O2. The summed E-state index contributed by atoms with van der Waals surface area (Å²) in [7, 11) is 2.08. The second kappa shape index (κ2) is 4.70. The molecule has 0 spiro atoms. The minimum Gasteiger partial charge on any atom is -0.469 e. The summed E-state index contributed by atoms with van der Waals surface area (Å²) in [5.74, 6) is 0.905. The maximum Gasteiger partial charge on any atom is 0.257 e. The molecule has 0 bridgehead atoms. The summed E-state index contributed by atoms with van der Waals surface area (Å²) in [6, 6.07) is 1.78. The largest absolute Gasteiger partial charge is 0.469 e. The van der Waals surface area contributed by atoms with Gasteiger partial charge in [-0.3, -0.25) is 4.79 Å². The van der Waals surface area contributed by atoms with E-state index in [1.165, 1.54) is 0 Å². The molecule has 1 aromatic heterocycles. The fraction of sp³-hybridized carbons (Fsp3) is 0.583. The molecule has 1 aromatic rings. The highest BCUT2D eigenvalue weighted by Crippen LogP contribution is 2.15. The Labute approximate surface area is 95.8 Å². The molecule has 0 unspecified atom stereocenters. The summed E-state index contributed by atoms with van der Waals surface area (Å²) in [5.41, 5.74) is 0.729. The van der Waals surface area contributed by atoms with Gasteiger partial charge in [0.05, 0.1) is 11.8 Å². The van der Waals surface area contributed by atoms with Crippen LogP contribution in [-0.2, 0) is 6.42 Å². The molecule has 88 valence electrons. The number of hydrogen-bond acceptors (Lipinski definition) is 3. The van der Waals surface area contributed by atoms with Gasteiger partial charge in [-0.2, -0.15) is 0 Å². The number of hydrogen-bond donors (Lipinski definition) is 0. The Kier molecular flexibility index (Phi) is 3.29. The summed E-state index contributed by atoms with van der Waals surface area (Å²) >= 11 is 0. The Morgan fingerprint density at radius 3 is 2.69 bits per heavy atom. The zero-order valence-electron chi connectivity index (χ0n) is 9.90. The van der Waals surface area contributed by atoms with Crippen LogP contribution in [-0.4, -0.2) is 48.9 Å². The molecule has 1 fully saturated rings. The van der Waals surface area contributed by atoms with E-state index >= 15 is 0 Å². The molecule has 4 nitrogen and oxygen atoms in total. The van der Waals surface area contributed by atoms with Gasteiger partial charge in [-0.15, -0.1) is 0 Å². The van der Waals surface area contributed by atoms with Crippen molar-refractivity contribution in [3.05, 3.63) is 23.7 Å². The Morgan fingerprint density at radius 2 is 2.06 bits per heavy atom. The second-order valence-electron chi connectivity index (χ2n) is 4.21. The van der Waals surface area contributed by atoms with Crippen LogP contribution in [0.1, 0.15) is 23.0 Å². The van der Waals surface area contributed by atoms with Gasteiger partial charge < -0.3 is 14.2 Å². The highest BCUT2D eigenvalue weighted by atomic mass is 16.3. The van der Waals surface area contributed by atoms with Gasteiger partial charge in [0.1, 0.15) is 5.76 Å². The average Bonchev–Trinajstić information content (AvgIpc) is 2.77. The van der Waals surface area contributed by atoms with Crippen molar-refractivity contribution in [2.75, 3.05) is 33.2 Å². The maximum absolute atomic E-state index is 12.2.